The lowest BCUT2D eigenvalue weighted by Gasteiger charge is -2.24. The lowest BCUT2D eigenvalue weighted by atomic mass is 10.1. The summed E-state index contributed by atoms with van der Waals surface area (Å²) in [5.74, 6) is -0.0706. The fourth-order valence-electron chi connectivity index (χ4n) is 3.82. The molecule has 1 amide bonds. The Morgan fingerprint density at radius 1 is 1.25 bits per heavy atom. The Balaban J connectivity index is 1.63. The highest BCUT2D eigenvalue weighted by atomic mass is 32.1. The molecule has 0 N–H and O–H groups in total. The smallest absolute Gasteiger partial charge is 0.264 e. The van der Waals surface area contributed by atoms with Crippen LogP contribution in [0.3, 0.4) is 0 Å². The summed E-state index contributed by atoms with van der Waals surface area (Å²) in [7, 11) is 3.49. The van der Waals surface area contributed by atoms with Crippen molar-refractivity contribution >= 4 is 33.1 Å². The van der Waals surface area contributed by atoms with Crippen molar-refractivity contribution in [2.24, 2.45) is 7.05 Å². The minimum Gasteiger partial charge on any atom is -0.371 e. The molecule has 1 aromatic carbocycles. The molecule has 6 nitrogen and oxygen atoms in total. The molecule has 146 valence electrons. The number of amides is 1. The Hall–Kier alpha value is -2.67. The highest BCUT2D eigenvalue weighted by molar-refractivity contribution is 7.20. The van der Waals surface area contributed by atoms with Crippen LogP contribution in [0.2, 0.25) is 0 Å². The molecule has 3 aromatic rings. The van der Waals surface area contributed by atoms with Crippen molar-refractivity contribution < 1.29 is 4.79 Å². The van der Waals surface area contributed by atoms with Gasteiger partial charge in [-0.3, -0.25) is 9.59 Å². The third kappa shape index (κ3) is 3.20. The van der Waals surface area contributed by atoms with E-state index in [-0.39, 0.29) is 11.5 Å². The third-order valence-corrected chi connectivity index (χ3v) is 6.59. The molecule has 0 bridgehead atoms. The summed E-state index contributed by atoms with van der Waals surface area (Å²) in [6.45, 7) is 4.50. The average Bonchev–Trinajstić information content (AvgIpc) is 3.33. The van der Waals surface area contributed by atoms with Gasteiger partial charge in [0.25, 0.3) is 11.5 Å². The van der Waals surface area contributed by atoms with Gasteiger partial charge in [0.2, 0.25) is 0 Å². The molecule has 0 spiro atoms. The summed E-state index contributed by atoms with van der Waals surface area (Å²) >= 11 is 1.30. The number of carbonyl (C=O) groups excluding carboxylic acids is 1. The molecule has 0 atom stereocenters. The molecule has 1 fully saturated rings. The van der Waals surface area contributed by atoms with E-state index in [2.05, 4.69) is 28.1 Å². The maximum absolute atomic E-state index is 13.2. The van der Waals surface area contributed by atoms with Crippen molar-refractivity contribution in [2.75, 3.05) is 25.0 Å². The lowest BCUT2D eigenvalue weighted by Crippen LogP contribution is -2.28. The van der Waals surface area contributed by atoms with Gasteiger partial charge in [0.15, 0.2) is 0 Å². The summed E-state index contributed by atoms with van der Waals surface area (Å²) in [6, 6.07) is 8.30. The van der Waals surface area contributed by atoms with Crippen molar-refractivity contribution in [3.63, 3.8) is 0 Å². The van der Waals surface area contributed by atoms with Gasteiger partial charge in [0.1, 0.15) is 4.83 Å². The first-order chi connectivity index (χ1) is 13.5. The second-order valence-electron chi connectivity index (χ2n) is 7.38. The fraction of sp³-hybridized carbons (Fsp3) is 0.381. The molecule has 2 aromatic heterocycles. The summed E-state index contributed by atoms with van der Waals surface area (Å²) in [5.41, 5.74) is 2.97. The van der Waals surface area contributed by atoms with Gasteiger partial charge in [-0.1, -0.05) is 18.2 Å². The molecule has 0 unspecified atom stereocenters. The Kier molecular flexibility index (Phi) is 4.93. The zero-order valence-electron chi connectivity index (χ0n) is 16.4. The second-order valence-corrected chi connectivity index (χ2v) is 8.38. The van der Waals surface area contributed by atoms with E-state index in [0.717, 1.165) is 24.2 Å². The van der Waals surface area contributed by atoms with Gasteiger partial charge in [-0.15, -0.1) is 11.3 Å². The Morgan fingerprint density at radius 3 is 2.71 bits per heavy atom. The Morgan fingerprint density at radius 2 is 1.96 bits per heavy atom. The number of benzene rings is 1. The molecule has 4 rings (SSSR count). The highest BCUT2D eigenvalue weighted by Gasteiger charge is 2.23. The summed E-state index contributed by atoms with van der Waals surface area (Å²) in [5, 5.41) is 0.546. The van der Waals surface area contributed by atoms with Gasteiger partial charge in [-0.05, 0) is 37.0 Å². The second kappa shape index (κ2) is 7.39. The predicted octanol–water partition coefficient (Wildman–Crippen LogP) is 3.18. The number of rotatable bonds is 4. The number of carbonyl (C=O) groups is 1. The number of nitrogens with zero attached hydrogens (tertiary/aromatic N) is 4. The van der Waals surface area contributed by atoms with Gasteiger partial charge in [0, 0.05) is 39.4 Å². The number of hydrogen-bond donors (Lipinski definition) is 0. The maximum atomic E-state index is 13.2. The zero-order chi connectivity index (χ0) is 19.8. The molecule has 28 heavy (non-hydrogen) atoms. The van der Waals surface area contributed by atoms with Crippen molar-refractivity contribution in [3.8, 4) is 0 Å². The fourth-order valence-corrected chi connectivity index (χ4v) is 4.96. The van der Waals surface area contributed by atoms with Crippen molar-refractivity contribution in [3.05, 3.63) is 57.0 Å². The molecule has 7 heteroatoms. The predicted molar refractivity (Wildman–Crippen MR) is 113 cm³/mol. The van der Waals surface area contributed by atoms with E-state index in [1.165, 1.54) is 40.8 Å². The first-order valence-corrected chi connectivity index (χ1v) is 10.3. The normalized spacial score (nSPS) is 14.0. The number of hydrogen-bond acceptors (Lipinski definition) is 5. The number of anilines is 1. The van der Waals surface area contributed by atoms with E-state index < -0.39 is 0 Å². The van der Waals surface area contributed by atoms with Crippen LogP contribution in [0, 0.1) is 6.92 Å². The summed E-state index contributed by atoms with van der Waals surface area (Å²) in [6.07, 6.45) is 3.93. The third-order valence-electron chi connectivity index (χ3n) is 5.40. The van der Waals surface area contributed by atoms with Crippen LogP contribution in [0.25, 0.3) is 10.2 Å². The van der Waals surface area contributed by atoms with E-state index in [0.29, 0.717) is 21.6 Å². The number of fused-ring (bicyclic) bond motifs is 1. The van der Waals surface area contributed by atoms with Crippen LogP contribution in [0.1, 0.15) is 33.6 Å². The zero-order valence-corrected chi connectivity index (χ0v) is 17.3. The van der Waals surface area contributed by atoms with E-state index in [4.69, 9.17) is 0 Å². The number of thiophene rings is 1. The molecular weight excluding hydrogens is 372 g/mol. The molecular formula is C21H24N4O2S. The largest absolute Gasteiger partial charge is 0.371 e. The van der Waals surface area contributed by atoms with Gasteiger partial charge >= 0.3 is 0 Å². The minimum atomic E-state index is -0.111. The molecule has 0 aliphatic carbocycles. The maximum Gasteiger partial charge on any atom is 0.264 e. The van der Waals surface area contributed by atoms with Crippen molar-refractivity contribution in [2.45, 2.75) is 26.3 Å². The average molecular weight is 397 g/mol. The Bertz CT molecular complexity index is 1100. The molecule has 0 radical (unpaired) electrons. The number of aromatic nitrogens is 2. The SMILES string of the molecule is Cc1c(C(=O)N(C)Cc2ccccc2N2CCCC2)sc2ncn(C)c(=O)c12. The quantitative estimate of drug-likeness (QED) is 0.680. The van der Waals surface area contributed by atoms with Crippen LogP contribution in [0.5, 0.6) is 0 Å². The van der Waals surface area contributed by atoms with Crippen LogP contribution in [-0.4, -0.2) is 40.5 Å². The first kappa shape index (κ1) is 18.7. The molecule has 1 aliphatic rings. The highest BCUT2D eigenvalue weighted by Crippen LogP contribution is 2.29. The lowest BCUT2D eigenvalue weighted by molar-refractivity contribution is 0.0789. The van der Waals surface area contributed by atoms with Gasteiger partial charge in [-0.2, -0.15) is 0 Å². The molecule has 3 heterocycles. The monoisotopic (exact) mass is 396 g/mol. The summed E-state index contributed by atoms with van der Waals surface area (Å²) < 4.78 is 1.45. The molecule has 1 aliphatic heterocycles. The van der Waals surface area contributed by atoms with Crippen LogP contribution in [0.4, 0.5) is 5.69 Å². The van der Waals surface area contributed by atoms with E-state index in [1.54, 1.807) is 11.9 Å². The van der Waals surface area contributed by atoms with E-state index >= 15 is 0 Å². The van der Waals surface area contributed by atoms with Gasteiger partial charge in [-0.25, -0.2) is 4.98 Å². The molecule has 0 saturated carbocycles. The standard InChI is InChI=1S/C21H24N4O2S/c1-14-17-19(22-13-24(3)20(17)26)28-18(14)21(27)23(2)12-15-8-4-5-9-16(15)25-10-6-7-11-25/h4-5,8-9,13H,6-7,10-12H2,1-3H3. The van der Waals surface area contributed by atoms with Crippen LogP contribution in [-0.2, 0) is 13.6 Å². The van der Waals surface area contributed by atoms with Crippen molar-refractivity contribution in [1.82, 2.24) is 14.5 Å². The summed E-state index contributed by atoms with van der Waals surface area (Å²) in [4.78, 5) is 35.2. The number of para-hydroxylation sites is 1. The van der Waals surface area contributed by atoms with Crippen LogP contribution >= 0.6 is 11.3 Å². The van der Waals surface area contributed by atoms with Crippen molar-refractivity contribution in [1.29, 1.82) is 0 Å². The van der Waals surface area contributed by atoms with Crippen LogP contribution in [0.15, 0.2) is 35.4 Å². The number of aryl methyl sites for hydroxylation is 2. The van der Waals surface area contributed by atoms with E-state index in [9.17, 15) is 9.59 Å². The topological polar surface area (TPSA) is 58.4 Å². The van der Waals surface area contributed by atoms with Gasteiger partial charge < -0.3 is 14.4 Å². The van der Waals surface area contributed by atoms with Gasteiger partial charge in [0.05, 0.1) is 16.6 Å². The van der Waals surface area contributed by atoms with Crippen LogP contribution < -0.4 is 10.5 Å². The molecule has 1 saturated heterocycles. The van der Waals surface area contributed by atoms with E-state index in [1.807, 2.05) is 20.0 Å². The first-order valence-electron chi connectivity index (χ1n) is 9.50. The minimum absolute atomic E-state index is 0.0706. The Labute approximate surface area is 168 Å².